The van der Waals surface area contributed by atoms with Crippen molar-refractivity contribution in [2.75, 3.05) is 5.32 Å². The van der Waals surface area contributed by atoms with Gasteiger partial charge in [-0.1, -0.05) is 35.9 Å². The van der Waals surface area contributed by atoms with Gasteiger partial charge in [0.2, 0.25) is 0 Å². The maximum absolute atomic E-state index is 13.6. The van der Waals surface area contributed by atoms with Gasteiger partial charge in [-0.05, 0) is 89.0 Å². The third kappa shape index (κ3) is 6.61. The number of anilines is 1. The fourth-order valence-corrected chi connectivity index (χ4v) is 5.38. The SMILES string of the molecule is Cc1ccccc1CN(C(=S)Nc1cc(Cl)ccc1C(F)(F)F)C1CC(C)(C)NC(C)(C)C1. The Hall–Kier alpha value is -1.83. The standard InChI is InChI=1S/C25H31ClF3N3S/c1-16-8-6-7-9-17(16)15-32(19-13-23(2,3)31-24(4,5)14-19)22(33)30-21-12-18(26)10-11-20(21)25(27,28)29/h6-12,19,31H,13-15H2,1-5H3,(H,30,33). The monoisotopic (exact) mass is 497 g/mol. The number of benzene rings is 2. The van der Waals surface area contributed by atoms with Crippen molar-refractivity contribution in [3.05, 3.63) is 64.2 Å². The first-order valence-corrected chi connectivity index (χ1v) is 11.7. The first-order valence-electron chi connectivity index (χ1n) is 11.0. The summed E-state index contributed by atoms with van der Waals surface area (Å²) in [5.74, 6) is 0. The number of piperidine rings is 1. The summed E-state index contributed by atoms with van der Waals surface area (Å²) in [7, 11) is 0. The number of thiocarbonyl (C=S) groups is 1. The summed E-state index contributed by atoms with van der Waals surface area (Å²) in [4.78, 5) is 2.03. The van der Waals surface area contributed by atoms with Crippen molar-refractivity contribution in [2.45, 2.75) is 77.3 Å². The van der Waals surface area contributed by atoms with E-state index in [-0.39, 0.29) is 32.9 Å². The molecule has 8 heteroatoms. The van der Waals surface area contributed by atoms with Gasteiger partial charge in [-0.3, -0.25) is 0 Å². The highest BCUT2D eigenvalue weighted by Gasteiger charge is 2.41. The molecule has 2 N–H and O–H groups in total. The van der Waals surface area contributed by atoms with E-state index in [9.17, 15) is 13.2 Å². The molecule has 0 unspecified atom stereocenters. The smallest absolute Gasteiger partial charge is 0.342 e. The Bertz CT molecular complexity index is 1000. The number of alkyl halides is 3. The van der Waals surface area contributed by atoms with Crippen molar-refractivity contribution in [2.24, 2.45) is 0 Å². The van der Waals surface area contributed by atoms with Crippen molar-refractivity contribution in [3.8, 4) is 0 Å². The molecule has 3 nitrogen and oxygen atoms in total. The van der Waals surface area contributed by atoms with Gasteiger partial charge in [0.05, 0.1) is 11.3 Å². The lowest BCUT2D eigenvalue weighted by Crippen LogP contribution is -2.63. The molecule has 3 rings (SSSR count). The van der Waals surface area contributed by atoms with Gasteiger partial charge in [0, 0.05) is 28.7 Å². The van der Waals surface area contributed by atoms with Crippen LogP contribution in [0.5, 0.6) is 0 Å². The quantitative estimate of drug-likeness (QED) is 0.438. The molecule has 1 saturated heterocycles. The molecule has 1 heterocycles. The molecule has 0 radical (unpaired) electrons. The molecule has 0 aromatic heterocycles. The fourth-order valence-electron chi connectivity index (χ4n) is 4.88. The van der Waals surface area contributed by atoms with Crippen LogP contribution in [0.15, 0.2) is 42.5 Å². The van der Waals surface area contributed by atoms with Crippen LogP contribution in [-0.2, 0) is 12.7 Å². The molecule has 0 aliphatic carbocycles. The molecule has 1 aliphatic rings. The minimum atomic E-state index is -4.53. The molecular formula is C25H31ClF3N3S. The second-order valence-electron chi connectivity index (χ2n) is 10.1. The number of hydrogen-bond donors (Lipinski definition) is 2. The summed E-state index contributed by atoms with van der Waals surface area (Å²) < 4.78 is 40.9. The van der Waals surface area contributed by atoms with E-state index in [4.69, 9.17) is 23.8 Å². The van der Waals surface area contributed by atoms with Crippen LogP contribution in [0.1, 0.15) is 57.2 Å². The Morgan fingerprint density at radius 1 is 1.12 bits per heavy atom. The molecular weight excluding hydrogens is 467 g/mol. The second-order valence-corrected chi connectivity index (χ2v) is 11.0. The highest BCUT2D eigenvalue weighted by Crippen LogP contribution is 2.37. The number of aryl methyl sites for hydroxylation is 1. The highest BCUT2D eigenvalue weighted by molar-refractivity contribution is 7.80. The summed E-state index contributed by atoms with van der Waals surface area (Å²) in [6.45, 7) is 11.1. The minimum Gasteiger partial charge on any atom is -0.342 e. The van der Waals surface area contributed by atoms with Crippen LogP contribution < -0.4 is 10.6 Å². The fraction of sp³-hybridized carbons (Fsp3) is 0.480. The van der Waals surface area contributed by atoms with Gasteiger partial charge in [-0.15, -0.1) is 0 Å². The lowest BCUT2D eigenvalue weighted by molar-refractivity contribution is -0.136. The van der Waals surface area contributed by atoms with Crippen molar-refractivity contribution in [3.63, 3.8) is 0 Å². The lowest BCUT2D eigenvalue weighted by atomic mass is 9.79. The average Bonchev–Trinajstić information content (AvgIpc) is 2.63. The Morgan fingerprint density at radius 2 is 1.73 bits per heavy atom. The number of nitrogens with zero attached hydrogens (tertiary/aromatic N) is 1. The van der Waals surface area contributed by atoms with Crippen LogP contribution in [0.25, 0.3) is 0 Å². The van der Waals surface area contributed by atoms with E-state index in [0.717, 1.165) is 30.0 Å². The van der Waals surface area contributed by atoms with E-state index < -0.39 is 11.7 Å². The lowest BCUT2D eigenvalue weighted by Gasteiger charge is -2.50. The number of halogens is 4. The van der Waals surface area contributed by atoms with E-state index in [1.54, 1.807) is 0 Å². The van der Waals surface area contributed by atoms with Gasteiger partial charge < -0.3 is 15.5 Å². The first kappa shape index (κ1) is 25.8. The molecule has 180 valence electrons. The van der Waals surface area contributed by atoms with Gasteiger partial charge in [0.1, 0.15) is 0 Å². The summed E-state index contributed by atoms with van der Waals surface area (Å²) in [6, 6.07) is 11.5. The van der Waals surface area contributed by atoms with E-state index in [1.165, 1.54) is 12.1 Å². The third-order valence-corrected chi connectivity index (χ3v) is 6.57. The summed E-state index contributed by atoms with van der Waals surface area (Å²) in [5, 5.41) is 7.01. The normalized spacial score (nSPS) is 18.1. The molecule has 0 saturated carbocycles. The maximum Gasteiger partial charge on any atom is 0.418 e. The number of hydrogen-bond acceptors (Lipinski definition) is 2. The Balaban J connectivity index is 1.99. The Morgan fingerprint density at radius 3 is 2.30 bits per heavy atom. The molecule has 0 spiro atoms. The molecule has 1 fully saturated rings. The number of nitrogens with one attached hydrogen (secondary N) is 2. The molecule has 2 aromatic rings. The van der Waals surface area contributed by atoms with Gasteiger partial charge >= 0.3 is 6.18 Å². The summed E-state index contributed by atoms with van der Waals surface area (Å²) >= 11 is 11.8. The second kappa shape index (κ2) is 9.43. The molecule has 2 aromatic carbocycles. The van der Waals surface area contributed by atoms with E-state index in [1.807, 2.05) is 36.1 Å². The zero-order valence-corrected chi connectivity index (χ0v) is 21.2. The van der Waals surface area contributed by atoms with Gasteiger partial charge in [-0.25, -0.2) is 0 Å². The largest absolute Gasteiger partial charge is 0.418 e. The van der Waals surface area contributed by atoms with Gasteiger partial charge in [0.15, 0.2) is 5.11 Å². The van der Waals surface area contributed by atoms with Gasteiger partial charge in [-0.2, -0.15) is 13.2 Å². The summed E-state index contributed by atoms with van der Waals surface area (Å²) in [6.07, 6.45) is -2.93. The molecule has 0 amide bonds. The molecule has 33 heavy (non-hydrogen) atoms. The van der Waals surface area contributed by atoms with Crippen LogP contribution in [0, 0.1) is 6.92 Å². The van der Waals surface area contributed by atoms with Crippen molar-refractivity contribution in [1.82, 2.24) is 10.2 Å². The van der Waals surface area contributed by atoms with Crippen molar-refractivity contribution < 1.29 is 13.2 Å². The van der Waals surface area contributed by atoms with Crippen molar-refractivity contribution >= 4 is 34.6 Å². The molecule has 1 aliphatic heterocycles. The third-order valence-electron chi connectivity index (χ3n) is 6.00. The van der Waals surface area contributed by atoms with Crippen LogP contribution >= 0.6 is 23.8 Å². The predicted octanol–water partition coefficient (Wildman–Crippen LogP) is 7.18. The topological polar surface area (TPSA) is 27.3 Å². The summed E-state index contributed by atoms with van der Waals surface area (Å²) in [5.41, 5.74) is 0.950. The average molecular weight is 498 g/mol. The first-order chi connectivity index (χ1) is 15.2. The van der Waals surface area contributed by atoms with Crippen LogP contribution in [0.2, 0.25) is 5.02 Å². The zero-order chi connectivity index (χ0) is 24.6. The Labute approximate surface area is 204 Å². The maximum atomic E-state index is 13.6. The number of rotatable bonds is 4. The molecule has 0 atom stereocenters. The Kier molecular flexibility index (Phi) is 7.37. The van der Waals surface area contributed by atoms with Crippen molar-refractivity contribution in [1.29, 1.82) is 0 Å². The predicted molar refractivity (Wildman–Crippen MR) is 134 cm³/mol. The van der Waals surface area contributed by atoms with E-state index in [0.29, 0.717) is 6.54 Å². The van der Waals surface area contributed by atoms with Crippen LogP contribution in [-0.4, -0.2) is 27.1 Å². The van der Waals surface area contributed by atoms with Gasteiger partial charge in [0.25, 0.3) is 0 Å². The van der Waals surface area contributed by atoms with Crippen LogP contribution in [0.3, 0.4) is 0 Å². The molecule has 0 bridgehead atoms. The minimum absolute atomic E-state index is 0.0318. The highest BCUT2D eigenvalue weighted by atomic mass is 35.5. The van der Waals surface area contributed by atoms with E-state index >= 15 is 0 Å². The van der Waals surface area contributed by atoms with E-state index in [2.05, 4.69) is 38.3 Å². The zero-order valence-electron chi connectivity index (χ0n) is 19.6. The van der Waals surface area contributed by atoms with Crippen LogP contribution in [0.4, 0.5) is 18.9 Å².